The fourth-order valence-electron chi connectivity index (χ4n) is 5.95. The Labute approximate surface area is 267 Å². The molecule has 5 heteroatoms. The summed E-state index contributed by atoms with van der Waals surface area (Å²) < 4.78 is 0. The molecule has 0 aliphatic rings. The number of hydrogen-bond donors (Lipinski definition) is 0. The van der Waals surface area contributed by atoms with Crippen molar-refractivity contribution >= 4 is 21.8 Å². The molecule has 46 heavy (non-hydrogen) atoms. The molecule has 5 aromatic carbocycles. The number of hydrogen-bond acceptors (Lipinski definition) is 5. The third-order valence-electron chi connectivity index (χ3n) is 8.26. The van der Waals surface area contributed by atoms with E-state index in [1.165, 1.54) is 5.56 Å². The highest BCUT2D eigenvalue weighted by atomic mass is 15.0. The number of rotatable bonds is 5. The van der Waals surface area contributed by atoms with Gasteiger partial charge in [-0.2, -0.15) is 0 Å². The molecule has 5 nitrogen and oxygen atoms in total. The lowest BCUT2D eigenvalue weighted by Gasteiger charge is -2.12. The molecule has 0 atom stereocenters. The van der Waals surface area contributed by atoms with Gasteiger partial charge in [-0.25, -0.2) is 15.0 Å². The van der Waals surface area contributed by atoms with Crippen molar-refractivity contribution in [3.63, 3.8) is 0 Å². The normalized spacial score (nSPS) is 11.3. The van der Waals surface area contributed by atoms with Gasteiger partial charge in [-0.3, -0.25) is 9.97 Å². The van der Waals surface area contributed by atoms with Gasteiger partial charge < -0.3 is 0 Å². The smallest absolute Gasteiger partial charge is 0.164 e. The molecule has 8 rings (SSSR count). The second-order valence-electron chi connectivity index (χ2n) is 11.5. The zero-order valence-corrected chi connectivity index (χ0v) is 25.5. The van der Waals surface area contributed by atoms with Crippen LogP contribution in [0.2, 0.25) is 0 Å². The van der Waals surface area contributed by atoms with Crippen molar-refractivity contribution in [1.82, 2.24) is 24.9 Å². The minimum atomic E-state index is 0.621. The molecular weight excluding hydrogens is 562 g/mol. The third-order valence-corrected chi connectivity index (χ3v) is 8.26. The van der Waals surface area contributed by atoms with E-state index in [1.807, 2.05) is 56.3 Å². The zero-order chi connectivity index (χ0) is 31.0. The standard InChI is InChI=1S/C41H29N5/c1-26-16-17-30-22-23-35-36(24-27(2)43-38(35)37(30)42-26)33-14-9-15-34(25-33)41-45-39(31-12-7-4-8-13-31)44-40(46-41)32-20-18-29(19-21-32)28-10-5-3-6-11-28/h3-25H,1-2H3. The van der Waals surface area contributed by atoms with Crippen LogP contribution in [0, 0.1) is 13.8 Å². The van der Waals surface area contributed by atoms with E-state index in [-0.39, 0.29) is 0 Å². The van der Waals surface area contributed by atoms with Gasteiger partial charge in [0.25, 0.3) is 0 Å². The van der Waals surface area contributed by atoms with Crippen LogP contribution in [-0.4, -0.2) is 24.9 Å². The first kappa shape index (κ1) is 27.5. The van der Waals surface area contributed by atoms with Crippen LogP contribution in [0.3, 0.4) is 0 Å². The Morgan fingerprint density at radius 2 is 0.870 bits per heavy atom. The van der Waals surface area contributed by atoms with E-state index in [1.54, 1.807) is 0 Å². The lowest BCUT2D eigenvalue weighted by atomic mass is 9.97. The molecule has 0 radical (unpaired) electrons. The van der Waals surface area contributed by atoms with Gasteiger partial charge in [0.1, 0.15) is 0 Å². The molecule has 0 bridgehead atoms. The summed E-state index contributed by atoms with van der Waals surface area (Å²) in [5, 5.41) is 2.15. The van der Waals surface area contributed by atoms with E-state index in [9.17, 15) is 0 Å². The van der Waals surface area contributed by atoms with E-state index in [0.29, 0.717) is 17.5 Å². The van der Waals surface area contributed by atoms with Gasteiger partial charge in [0.15, 0.2) is 17.5 Å². The molecule has 3 aromatic heterocycles. The number of aromatic nitrogens is 5. The molecule has 0 unspecified atom stereocenters. The first-order chi connectivity index (χ1) is 22.6. The summed E-state index contributed by atoms with van der Waals surface area (Å²) in [6.45, 7) is 4.05. The number of aryl methyl sites for hydroxylation is 2. The Kier molecular flexibility index (Phi) is 6.84. The second kappa shape index (κ2) is 11.5. The number of benzene rings is 5. The molecule has 218 valence electrons. The quantitative estimate of drug-likeness (QED) is 0.186. The van der Waals surface area contributed by atoms with Crippen LogP contribution < -0.4 is 0 Å². The second-order valence-corrected chi connectivity index (χ2v) is 11.5. The Morgan fingerprint density at radius 3 is 1.59 bits per heavy atom. The van der Waals surface area contributed by atoms with Crippen LogP contribution in [0.1, 0.15) is 11.4 Å². The Morgan fingerprint density at radius 1 is 0.348 bits per heavy atom. The highest BCUT2D eigenvalue weighted by Gasteiger charge is 2.15. The monoisotopic (exact) mass is 591 g/mol. The first-order valence-electron chi connectivity index (χ1n) is 15.3. The van der Waals surface area contributed by atoms with Crippen LogP contribution in [0.4, 0.5) is 0 Å². The molecule has 0 aliphatic carbocycles. The summed E-state index contributed by atoms with van der Waals surface area (Å²) in [4.78, 5) is 24.7. The Bertz CT molecular complexity index is 2370. The van der Waals surface area contributed by atoms with Gasteiger partial charge in [0, 0.05) is 38.9 Å². The molecular formula is C41H29N5. The maximum Gasteiger partial charge on any atom is 0.164 e. The van der Waals surface area contributed by atoms with Crippen LogP contribution in [0.25, 0.3) is 78.2 Å². The van der Waals surface area contributed by atoms with Gasteiger partial charge in [-0.15, -0.1) is 0 Å². The van der Waals surface area contributed by atoms with Crippen molar-refractivity contribution in [2.24, 2.45) is 0 Å². The SMILES string of the molecule is Cc1ccc2ccc3c(-c4cccc(-c5nc(-c6ccccc6)nc(-c6ccc(-c7ccccc7)cc6)n5)c4)cc(C)nc3c2n1. The fraction of sp³-hybridized carbons (Fsp3) is 0.0488. The molecule has 0 amide bonds. The summed E-state index contributed by atoms with van der Waals surface area (Å²) >= 11 is 0. The van der Waals surface area contributed by atoms with Gasteiger partial charge in [-0.05, 0) is 54.3 Å². The summed E-state index contributed by atoms with van der Waals surface area (Å²) in [5.41, 5.74) is 11.0. The molecule has 0 saturated heterocycles. The van der Waals surface area contributed by atoms with Crippen LogP contribution >= 0.6 is 0 Å². The summed E-state index contributed by atoms with van der Waals surface area (Å²) in [6.07, 6.45) is 0. The topological polar surface area (TPSA) is 64.5 Å². The molecule has 8 aromatic rings. The maximum atomic E-state index is 5.02. The number of fused-ring (bicyclic) bond motifs is 3. The summed E-state index contributed by atoms with van der Waals surface area (Å²) in [6, 6.07) is 47.8. The molecule has 0 spiro atoms. The third kappa shape index (κ3) is 5.18. The molecule has 0 N–H and O–H groups in total. The van der Waals surface area contributed by atoms with Crippen molar-refractivity contribution < 1.29 is 0 Å². The maximum absolute atomic E-state index is 5.02. The van der Waals surface area contributed by atoms with E-state index in [2.05, 4.69) is 97.1 Å². The number of pyridine rings is 2. The van der Waals surface area contributed by atoms with Gasteiger partial charge in [0.2, 0.25) is 0 Å². The van der Waals surface area contributed by atoms with Gasteiger partial charge in [-0.1, -0.05) is 121 Å². The summed E-state index contributed by atoms with van der Waals surface area (Å²) in [7, 11) is 0. The molecule has 0 fully saturated rings. The molecule has 0 saturated carbocycles. The fourth-order valence-corrected chi connectivity index (χ4v) is 5.95. The van der Waals surface area contributed by atoms with E-state index in [0.717, 1.165) is 66.6 Å². The lowest BCUT2D eigenvalue weighted by molar-refractivity contribution is 1.07. The highest BCUT2D eigenvalue weighted by Crippen LogP contribution is 2.34. The molecule has 3 heterocycles. The Balaban J connectivity index is 1.26. The first-order valence-corrected chi connectivity index (χ1v) is 15.3. The number of nitrogens with zero attached hydrogens (tertiary/aromatic N) is 5. The van der Waals surface area contributed by atoms with Crippen molar-refractivity contribution in [2.45, 2.75) is 13.8 Å². The van der Waals surface area contributed by atoms with Crippen molar-refractivity contribution in [1.29, 1.82) is 0 Å². The lowest BCUT2D eigenvalue weighted by Crippen LogP contribution is -2.00. The van der Waals surface area contributed by atoms with Crippen molar-refractivity contribution in [3.05, 3.63) is 151 Å². The Hall–Kier alpha value is -6.07. The largest absolute Gasteiger partial charge is 0.251 e. The van der Waals surface area contributed by atoms with E-state index in [4.69, 9.17) is 24.9 Å². The average Bonchev–Trinajstić information content (AvgIpc) is 3.12. The van der Waals surface area contributed by atoms with E-state index < -0.39 is 0 Å². The minimum absolute atomic E-state index is 0.621. The van der Waals surface area contributed by atoms with E-state index >= 15 is 0 Å². The highest BCUT2D eigenvalue weighted by molar-refractivity contribution is 6.08. The van der Waals surface area contributed by atoms with Crippen LogP contribution in [0.5, 0.6) is 0 Å². The zero-order valence-electron chi connectivity index (χ0n) is 25.5. The van der Waals surface area contributed by atoms with Gasteiger partial charge in [0.05, 0.1) is 11.0 Å². The molecule has 0 aliphatic heterocycles. The predicted molar refractivity (Wildman–Crippen MR) is 187 cm³/mol. The predicted octanol–water partition coefficient (Wildman–Crippen LogP) is 9.92. The summed E-state index contributed by atoms with van der Waals surface area (Å²) in [5.74, 6) is 1.89. The van der Waals surface area contributed by atoms with Crippen molar-refractivity contribution in [3.8, 4) is 56.4 Å². The average molecular weight is 592 g/mol. The van der Waals surface area contributed by atoms with Crippen LogP contribution in [-0.2, 0) is 0 Å². The van der Waals surface area contributed by atoms with Crippen molar-refractivity contribution in [2.75, 3.05) is 0 Å². The van der Waals surface area contributed by atoms with Gasteiger partial charge >= 0.3 is 0 Å². The van der Waals surface area contributed by atoms with Crippen LogP contribution in [0.15, 0.2) is 140 Å². The minimum Gasteiger partial charge on any atom is -0.251 e.